The lowest BCUT2D eigenvalue weighted by atomic mass is 10.1. The van der Waals surface area contributed by atoms with Gasteiger partial charge in [-0.1, -0.05) is 31.5 Å². The van der Waals surface area contributed by atoms with E-state index in [2.05, 4.69) is 5.32 Å². The lowest BCUT2D eigenvalue weighted by Gasteiger charge is -2.30. The van der Waals surface area contributed by atoms with Crippen LogP contribution in [-0.4, -0.2) is 32.7 Å². The Balaban J connectivity index is 3.17. The predicted molar refractivity (Wildman–Crippen MR) is 95.4 cm³/mol. The van der Waals surface area contributed by atoms with Crippen LogP contribution in [0.3, 0.4) is 0 Å². The second-order valence-electron chi connectivity index (χ2n) is 6.21. The quantitative estimate of drug-likeness (QED) is 0.848. The number of aryl methyl sites for hydroxylation is 1. The summed E-state index contributed by atoms with van der Waals surface area (Å²) >= 11 is 6.10. The Morgan fingerprint density at radius 1 is 1.22 bits per heavy atom. The minimum absolute atomic E-state index is 0.0482. The number of sulfonamides is 1. The molecular weight excluding hydrogens is 336 g/mol. The van der Waals surface area contributed by atoms with Crippen LogP contribution in [0.25, 0.3) is 0 Å². The second kappa shape index (κ2) is 7.53. The van der Waals surface area contributed by atoms with Crippen LogP contribution in [0, 0.1) is 12.8 Å². The van der Waals surface area contributed by atoms with Crippen molar-refractivity contribution in [1.29, 1.82) is 0 Å². The monoisotopic (exact) mass is 360 g/mol. The van der Waals surface area contributed by atoms with Gasteiger partial charge >= 0.3 is 0 Å². The number of nitrogens with zero attached hydrogens (tertiary/aromatic N) is 1. The maximum atomic E-state index is 12.4. The molecule has 1 N–H and O–H groups in total. The van der Waals surface area contributed by atoms with Gasteiger partial charge in [-0.15, -0.1) is 0 Å². The van der Waals surface area contributed by atoms with Gasteiger partial charge in [-0.25, -0.2) is 8.42 Å². The molecule has 0 fully saturated rings. The van der Waals surface area contributed by atoms with E-state index in [1.54, 1.807) is 25.1 Å². The standard InChI is InChI=1S/C16H25ClN2O3S/c1-10(2)12(4)18-16(20)13(5)19(23(6,21)22)14-8-7-11(3)15(17)9-14/h7-10,12-13H,1-6H3,(H,18,20)/t12-,13-/m1/s1. The molecule has 0 spiro atoms. The van der Waals surface area contributed by atoms with Crippen molar-refractivity contribution in [3.05, 3.63) is 28.8 Å². The molecule has 0 radical (unpaired) electrons. The molecule has 2 atom stereocenters. The molecule has 0 heterocycles. The molecule has 130 valence electrons. The zero-order valence-corrected chi connectivity index (χ0v) is 16.0. The van der Waals surface area contributed by atoms with Gasteiger partial charge in [0.2, 0.25) is 15.9 Å². The number of amides is 1. The van der Waals surface area contributed by atoms with Crippen molar-refractivity contribution >= 4 is 33.2 Å². The van der Waals surface area contributed by atoms with E-state index in [0.717, 1.165) is 16.1 Å². The summed E-state index contributed by atoms with van der Waals surface area (Å²) in [6.45, 7) is 9.27. The van der Waals surface area contributed by atoms with Crippen LogP contribution in [-0.2, 0) is 14.8 Å². The maximum absolute atomic E-state index is 12.4. The molecule has 0 saturated heterocycles. The average Bonchev–Trinajstić information content (AvgIpc) is 2.41. The number of nitrogens with one attached hydrogen (secondary N) is 1. The first-order valence-electron chi connectivity index (χ1n) is 7.51. The SMILES string of the molecule is Cc1ccc(N([C@H](C)C(=O)N[C@H](C)C(C)C)S(C)(=O)=O)cc1Cl. The molecule has 7 heteroatoms. The Morgan fingerprint density at radius 2 is 1.78 bits per heavy atom. The molecule has 1 aromatic rings. The number of rotatable bonds is 6. The first kappa shape index (κ1) is 19.8. The van der Waals surface area contributed by atoms with Gasteiger partial charge in [-0.2, -0.15) is 0 Å². The smallest absolute Gasteiger partial charge is 0.243 e. The molecular formula is C16H25ClN2O3S. The van der Waals surface area contributed by atoms with Crippen LogP contribution >= 0.6 is 11.6 Å². The number of benzene rings is 1. The van der Waals surface area contributed by atoms with E-state index in [1.807, 2.05) is 27.7 Å². The molecule has 0 saturated carbocycles. The number of anilines is 1. The van der Waals surface area contributed by atoms with Gasteiger partial charge in [0.25, 0.3) is 0 Å². The molecule has 0 aromatic heterocycles. The largest absolute Gasteiger partial charge is 0.352 e. The Labute approximate surface area is 144 Å². The summed E-state index contributed by atoms with van der Waals surface area (Å²) < 4.78 is 25.5. The van der Waals surface area contributed by atoms with Gasteiger partial charge < -0.3 is 5.32 Å². The molecule has 0 bridgehead atoms. The van der Waals surface area contributed by atoms with E-state index >= 15 is 0 Å². The Bertz CT molecular complexity index is 674. The summed E-state index contributed by atoms with van der Waals surface area (Å²) in [5.41, 5.74) is 1.22. The van der Waals surface area contributed by atoms with Crippen molar-refractivity contribution in [2.45, 2.75) is 46.7 Å². The van der Waals surface area contributed by atoms with E-state index in [9.17, 15) is 13.2 Å². The van der Waals surface area contributed by atoms with Crippen molar-refractivity contribution in [2.24, 2.45) is 5.92 Å². The average molecular weight is 361 g/mol. The molecule has 5 nitrogen and oxygen atoms in total. The fraction of sp³-hybridized carbons (Fsp3) is 0.562. The first-order valence-corrected chi connectivity index (χ1v) is 9.73. The summed E-state index contributed by atoms with van der Waals surface area (Å²) in [5, 5.41) is 3.31. The van der Waals surface area contributed by atoms with Crippen molar-refractivity contribution in [2.75, 3.05) is 10.6 Å². The van der Waals surface area contributed by atoms with Crippen molar-refractivity contribution in [3.8, 4) is 0 Å². The van der Waals surface area contributed by atoms with Gasteiger partial charge in [-0.3, -0.25) is 9.10 Å². The predicted octanol–water partition coefficient (Wildman–Crippen LogP) is 2.96. The molecule has 1 amide bonds. The topological polar surface area (TPSA) is 66.5 Å². The molecule has 0 aliphatic carbocycles. The van der Waals surface area contributed by atoms with Crippen LogP contribution in [0.15, 0.2) is 18.2 Å². The van der Waals surface area contributed by atoms with E-state index in [-0.39, 0.29) is 17.9 Å². The summed E-state index contributed by atoms with van der Waals surface area (Å²) in [7, 11) is -3.63. The highest BCUT2D eigenvalue weighted by Gasteiger charge is 2.30. The Kier molecular flexibility index (Phi) is 6.48. The van der Waals surface area contributed by atoms with Crippen molar-refractivity contribution < 1.29 is 13.2 Å². The summed E-state index contributed by atoms with van der Waals surface area (Å²) in [5.74, 6) is -0.0834. The molecule has 1 rings (SSSR count). The molecule has 0 aliphatic heterocycles. The summed E-state index contributed by atoms with van der Waals surface area (Å²) in [6, 6.07) is 4.03. The van der Waals surface area contributed by atoms with Gasteiger partial charge in [0.15, 0.2) is 0 Å². The van der Waals surface area contributed by atoms with E-state index in [0.29, 0.717) is 10.7 Å². The number of carbonyl (C=O) groups excluding carboxylic acids is 1. The molecule has 1 aromatic carbocycles. The van der Waals surface area contributed by atoms with Gasteiger partial charge in [-0.05, 0) is 44.4 Å². The number of hydrogen-bond donors (Lipinski definition) is 1. The Morgan fingerprint density at radius 3 is 2.22 bits per heavy atom. The third-order valence-corrected chi connectivity index (χ3v) is 5.52. The van der Waals surface area contributed by atoms with Crippen LogP contribution < -0.4 is 9.62 Å². The Hall–Kier alpha value is -1.27. The lowest BCUT2D eigenvalue weighted by molar-refractivity contribution is -0.122. The van der Waals surface area contributed by atoms with Gasteiger partial charge in [0, 0.05) is 11.1 Å². The maximum Gasteiger partial charge on any atom is 0.243 e. The van der Waals surface area contributed by atoms with Gasteiger partial charge in [0.05, 0.1) is 11.9 Å². The van der Waals surface area contributed by atoms with Crippen LogP contribution in [0.5, 0.6) is 0 Å². The number of halogens is 1. The minimum atomic E-state index is -3.63. The third-order valence-electron chi connectivity index (χ3n) is 3.87. The summed E-state index contributed by atoms with van der Waals surface area (Å²) in [4.78, 5) is 12.4. The minimum Gasteiger partial charge on any atom is -0.352 e. The fourth-order valence-corrected chi connectivity index (χ4v) is 3.38. The first-order chi connectivity index (χ1) is 10.4. The zero-order chi connectivity index (χ0) is 17.9. The molecule has 23 heavy (non-hydrogen) atoms. The van der Waals surface area contributed by atoms with Crippen LogP contribution in [0.1, 0.15) is 33.3 Å². The molecule has 0 unspecified atom stereocenters. The highest BCUT2D eigenvalue weighted by Crippen LogP contribution is 2.26. The lowest BCUT2D eigenvalue weighted by Crippen LogP contribution is -2.50. The van der Waals surface area contributed by atoms with Crippen LogP contribution in [0.4, 0.5) is 5.69 Å². The fourth-order valence-electron chi connectivity index (χ4n) is 2.04. The van der Waals surface area contributed by atoms with Crippen molar-refractivity contribution in [3.63, 3.8) is 0 Å². The number of hydrogen-bond acceptors (Lipinski definition) is 3. The van der Waals surface area contributed by atoms with Gasteiger partial charge in [0.1, 0.15) is 6.04 Å². The highest BCUT2D eigenvalue weighted by atomic mass is 35.5. The van der Waals surface area contributed by atoms with E-state index < -0.39 is 16.1 Å². The summed E-state index contributed by atoms with van der Waals surface area (Å²) in [6.07, 6.45) is 1.08. The van der Waals surface area contributed by atoms with Crippen LogP contribution in [0.2, 0.25) is 5.02 Å². The highest BCUT2D eigenvalue weighted by molar-refractivity contribution is 7.92. The normalized spacial score (nSPS) is 14.4. The van der Waals surface area contributed by atoms with E-state index in [4.69, 9.17) is 11.6 Å². The zero-order valence-electron chi connectivity index (χ0n) is 14.4. The number of carbonyl (C=O) groups is 1. The van der Waals surface area contributed by atoms with Crippen molar-refractivity contribution in [1.82, 2.24) is 5.32 Å². The molecule has 0 aliphatic rings. The van der Waals surface area contributed by atoms with E-state index in [1.165, 1.54) is 0 Å². The second-order valence-corrected chi connectivity index (χ2v) is 8.48. The third kappa shape index (κ3) is 5.11.